The number of aldehydes is 3. The van der Waals surface area contributed by atoms with Crippen molar-refractivity contribution in [3.8, 4) is 0 Å². The van der Waals surface area contributed by atoms with Gasteiger partial charge in [-0.2, -0.15) is 5.10 Å². The Balaban J connectivity index is 0.00000214. The molecule has 4 aliphatic rings. The Morgan fingerprint density at radius 3 is 2.30 bits per heavy atom. The Hall–Kier alpha value is -5.61. The van der Waals surface area contributed by atoms with Crippen molar-refractivity contribution in [2.24, 2.45) is 16.6 Å². The molecule has 7 rings (SSSR count). The smallest absolute Gasteiger partial charge is 0.264 e. The Bertz CT molecular complexity index is 2230. The number of fused-ring (bicyclic) bond motifs is 3. The quantitative estimate of drug-likeness (QED) is 0.149. The van der Waals surface area contributed by atoms with E-state index < -0.39 is 18.4 Å². The summed E-state index contributed by atoms with van der Waals surface area (Å²) in [4.78, 5) is 72.5. The molecule has 0 spiro atoms. The number of aryl methyl sites for hydroxylation is 1. The van der Waals surface area contributed by atoms with Crippen molar-refractivity contribution >= 4 is 54.0 Å². The van der Waals surface area contributed by atoms with Gasteiger partial charge >= 0.3 is 0 Å². The summed E-state index contributed by atoms with van der Waals surface area (Å²) >= 11 is 0. The Morgan fingerprint density at radius 1 is 0.984 bits per heavy atom. The minimum Gasteiger partial charge on any atom is -0.404 e. The molecule has 1 atom stereocenters. The van der Waals surface area contributed by atoms with Gasteiger partial charge in [-0.1, -0.05) is 0 Å². The molecule has 14 nitrogen and oxygen atoms in total. The van der Waals surface area contributed by atoms with E-state index in [-0.39, 0.29) is 41.5 Å². The minimum atomic E-state index is -2.73. The fraction of sp³-hybridized carbons (Fsp3) is 0.511. The molecule has 16 heteroatoms. The van der Waals surface area contributed by atoms with Gasteiger partial charge in [0.1, 0.15) is 12.6 Å². The van der Waals surface area contributed by atoms with Crippen molar-refractivity contribution in [2.75, 3.05) is 52.7 Å². The number of anilines is 2. The van der Waals surface area contributed by atoms with Gasteiger partial charge in [-0.15, -0.1) is 0 Å². The van der Waals surface area contributed by atoms with Gasteiger partial charge in [0.15, 0.2) is 12.1 Å². The number of amides is 2. The number of alkyl halides is 2. The van der Waals surface area contributed by atoms with Crippen molar-refractivity contribution in [3.05, 3.63) is 80.7 Å². The third-order valence-electron chi connectivity index (χ3n) is 12.9. The van der Waals surface area contributed by atoms with Crippen LogP contribution in [0.1, 0.15) is 124 Å². The predicted molar refractivity (Wildman–Crippen MR) is 239 cm³/mol. The van der Waals surface area contributed by atoms with Gasteiger partial charge in [-0.25, -0.2) is 8.78 Å². The molecule has 1 unspecified atom stereocenters. The average molecular weight is 870 g/mol. The Labute approximate surface area is 368 Å². The summed E-state index contributed by atoms with van der Waals surface area (Å²) in [5, 5.41) is 8.06. The molecule has 1 saturated carbocycles. The van der Waals surface area contributed by atoms with Crippen molar-refractivity contribution in [1.82, 2.24) is 29.8 Å². The van der Waals surface area contributed by atoms with Gasteiger partial charge in [0.25, 0.3) is 12.3 Å². The number of rotatable bonds is 14. The third-order valence-corrected chi connectivity index (χ3v) is 12.9. The summed E-state index contributed by atoms with van der Waals surface area (Å²) in [5.74, 6) is 0.722. The zero-order chi connectivity index (χ0) is 45.4. The van der Waals surface area contributed by atoms with Crippen LogP contribution in [0.5, 0.6) is 0 Å². The number of hydrogen-bond acceptors (Lipinski definition) is 11. The van der Waals surface area contributed by atoms with Crippen LogP contribution < -0.4 is 16.0 Å². The number of carbonyl (C=O) groups is 5. The van der Waals surface area contributed by atoms with Crippen LogP contribution in [0.3, 0.4) is 0 Å². The average Bonchev–Trinajstić information content (AvgIpc) is 3.87. The summed E-state index contributed by atoms with van der Waals surface area (Å²) in [6.07, 6.45) is 8.49. The van der Waals surface area contributed by atoms with E-state index in [0.29, 0.717) is 74.5 Å². The Morgan fingerprint density at radius 2 is 1.68 bits per heavy atom. The molecule has 2 amide bonds. The van der Waals surface area contributed by atoms with E-state index in [1.54, 1.807) is 32.2 Å². The number of aliphatic imine (C=N–C) groups is 1. The maximum absolute atomic E-state index is 14.7. The normalized spacial score (nSPS) is 19.2. The molecule has 3 N–H and O–H groups in total. The summed E-state index contributed by atoms with van der Waals surface area (Å²) in [5.41, 5.74) is 12.8. The van der Waals surface area contributed by atoms with Crippen molar-refractivity contribution in [1.29, 1.82) is 0 Å². The molecule has 1 aromatic heterocycles. The number of benzene rings is 2. The second-order valence-electron chi connectivity index (χ2n) is 17.1. The molecule has 3 aliphatic heterocycles. The van der Waals surface area contributed by atoms with Crippen LogP contribution in [0, 0.1) is 5.92 Å². The number of carbonyl (C=O) groups excluding carboxylic acids is 5. The van der Waals surface area contributed by atoms with Crippen LogP contribution in [0.25, 0.3) is 5.57 Å². The van der Waals surface area contributed by atoms with Crippen molar-refractivity contribution in [2.45, 2.75) is 103 Å². The van der Waals surface area contributed by atoms with Gasteiger partial charge in [0, 0.05) is 113 Å². The predicted octanol–water partition coefficient (Wildman–Crippen LogP) is 5.82. The van der Waals surface area contributed by atoms with E-state index in [0.717, 1.165) is 85.1 Å². The summed E-state index contributed by atoms with van der Waals surface area (Å²) < 4.78 is 31.5. The van der Waals surface area contributed by atoms with Gasteiger partial charge in [-0.05, 0) is 111 Å². The topological polar surface area (TPSA) is 167 Å². The number of hydrogen-bond donors (Lipinski definition) is 2. The van der Waals surface area contributed by atoms with E-state index >= 15 is 0 Å². The summed E-state index contributed by atoms with van der Waals surface area (Å²) in [6, 6.07) is 6.36. The number of nitrogens with one attached hydrogen (secondary N) is 1. The molecule has 2 aromatic carbocycles. The highest BCUT2D eigenvalue weighted by atomic mass is 19.3. The molecule has 1 fully saturated rings. The lowest BCUT2D eigenvalue weighted by molar-refractivity contribution is -0.129. The second kappa shape index (κ2) is 21.2. The zero-order valence-electron chi connectivity index (χ0n) is 37.1. The van der Waals surface area contributed by atoms with Gasteiger partial charge in [0.2, 0.25) is 5.91 Å². The molecule has 1 aliphatic carbocycles. The van der Waals surface area contributed by atoms with Crippen molar-refractivity contribution < 1.29 is 32.8 Å². The fourth-order valence-electron chi connectivity index (χ4n) is 9.68. The highest BCUT2D eigenvalue weighted by Crippen LogP contribution is 2.44. The molecule has 0 radical (unpaired) electrons. The maximum Gasteiger partial charge on any atom is 0.264 e. The highest BCUT2D eigenvalue weighted by Gasteiger charge is 2.36. The van der Waals surface area contributed by atoms with Crippen LogP contribution in [0.15, 0.2) is 35.5 Å². The van der Waals surface area contributed by atoms with Crippen LogP contribution in [0.4, 0.5) is 20.3 Å². The monoisotopic (exact) mass is 869 g/mol. The fourth-order valence-corrected chi connectivity index (χ4v) is 9.68. The number of likely N-dealkylation sites (N-methyl/N-ethyl adjacent to an activating group) is 1. The van der Waals surface area contributed by atoms with Gasteiger partial charge < -0.3 is 35.3 Å². The first-order valence-corrected chi connectivity index (χ1v) is 21.9. The first-order chi connectivity index (χ1) is 30.4. The number of nitrogens with two attached hydrogens (primary N) is 1. The lowest BCUT2D eigenvalue weighted by Crippen LogP contribution is -2.38. The molecule has 4 heterocycles. The standard InChI is InChI=1S/C45H54F2N8O5.C2H7N/c1-28(59)53-14-12-41-40(25-53)44(54-13-4-6-30-17-37(34(20-48)21-49-2)39(43(46)47)19-42(30)54)50-55(41)35-10-8-29(9-11-35)22-52-23-31-16-33(26-57)38(18-32(31)24-52)45(60)51(3)36(27-58)7-5-15-56;1-3-2/h15-21,26-27,29,35-36,43H,4-14,22-25,48H2,1-3H3;3H,1-2H3/b34-20+,49-21?;. The second-order valence-corrected chi connectivity index (χ2v) is 17.1. The first kappa shape index (κ1) is 46.9. The SMILES string of the molecule is CN=C/C(=C\N)c1cc2c(cc1C(F)F)N(c1nn(C3CCC(CN4Cc5cc(C=O)c(C(=O)N(C)C(C=O)CCC=O)cc5C4)CC3)c3c1CN(C(C)=O)CC3)CCC2.CNC. The van der Waals surface area contributed by atoms with E-state index in [9.17, 15) is 32.8 Å². The van der Waals surface area contributed by atoms with E-state index in [1.807, 2.05) is 25.1 Å². The largest absolute Gasteiger partial charge is 0.404 e. The molecule has 63 heavy (non-hydrogen) atoms. The van der Waals surface area contributed by atoms with Crippen molar-refractivity contribution in [3.63, 3.8) is 0 Å². The van der Waals surface area contributed by atoms with E-state index in [4.69, 9.17) is 10.8 Å². The lowest BCUT2D eigenvalue weighted by atomic mass is 9.85. The molecular weight excluding hydrogens is 809 g/mol. The maximum atomic E-state index is 14.7. The number of allylic oxidation sites excluding steroid dienone is 1. The number of halogens is 2. The molecule has 0 bridgehead atoms. The number of aromatic nitrogens is 2. The molecule has 3 aromatic rings. The molecule has 338 valence electrons. The Kier molecular flexibility index (Phi) is 15.8. The third kappa shape index (κ3) is 10.1. The van der Waals surface area contributed by atoms with Gasteiger partial charge in [-0.3, -0.25) is 29.0 Å². The summed E-state index contributed by atoms with van der Waals surface area (Å²) in [7, 11) is 6.85. The van der Waals surface area contributed by atoms with E-state index in [1.165, 1.54) is 24.4 Å². The number of nitrogens with zero attached hydrogens (tertiary/aromatic N) is 7. The first-order valence-electron chi connectivity index (χ1n) is 21.9. The molecular formula is C47H61F2N9O5. The molecule has 0 saturated heterocycles. The highest BCUT2D eigenvalue weighted by molar-refractivity contribution is 6.10. The summed E-state index contributed by atoms with van der Waals surface area (Å²) in [6.45, 7) is 5.37. The van der Waals surface area contributed by atoms with Crippen LogP contribution >= 0.6 is 0 Å². The zero-order valence-corrected chi connectivity index (χ0v) is 37.1. The van der Waals surface area contributed by atoms with E-state index in [2.05, 4.69) is 24.8 Å². The minimum absolute atomic E-state index is 0.0125. The van der Waals surface area contributed by atoms with Gasteiger partial charge in [0.05, 0.1) is 24.2 Å². The van der Waals surface area contributed by atoms with Crippen LogP contribution in [0.2, 0.25) is 0 Å². The van der Waals surface area contributed by atoms with Crippen LogP contribution in [-0.2, 0) is 46.9 Å². The van der Waals surface area contributed by atoms with Crippen LogP contribution in [-0.4, -0.2) is 115 Å². The lowest BCUT2D eigenvalue weighted by Gasteiger charge is -2.33.